The van der Waals surface area contributed by atoms with E-state index in [0.29, 0.717) is 16.5 Å². The molecule has 0 atom stereocenters. The Labute approximate surface area is 156 Å². The molecule has 0 aromatic heterocycles. The number of ether oxygens (including phenoxy) is 1. The van der Waals surface area contributed by atoms with Gasteiger partial charge in [-0.2, -0.15) is 0 Å². The number of rotatable bonds is 6. The summed E-state index contributed by atoms with van der Waals surface area (Å²) in [5.74, 6) is 0.0544. The first-order valence-corrected chi connectivity index (χ1v) is 8.65. The lowest BCUT2D eigenvalue weighted by molar-refractivity contribution is -0.129. The monoisotopic (exact) mass is 373 g/mol. The van der Waals surface area contributed by atoms with E-state index in [1.165, 1.54) is 0 Å². The van der Waals surface area contributed by atoms with E-state index in [0.717, 1.165) is 18.4 Å². The quantitative estimate of drug-likeness (QED) is 0.680. The first-order chi connectivity index (χ1) is 12.5. The molecule has 2 amide bonds. The number of benzene rings is 2. The van der Waals surface area contributed by atoms with Gasteiger partial charge in [0.2, 0.25) is 5.91 Å². The molecule has 2 aromatic rings. The predicted molar refractivity (Wildman–Crippen MR) is 100 cm³/mol. The number of hydrogen-bond donors (Lipinski definition) is 3. The Bertz CT molecular complexity index is 821. The Kier molecular flexibility index (Phi) is 5.32. The van der Waals surface area contributed by atoms with Crippen LogP contribution in [0.3, 0.4) is 0 Å². The second-order valence-corrected chi connectivity index (χ2v) is 6.59. The van der Waals surface area contributed by atoms with Crippen LogP contribution < -0.4 is 20.9 Å². The molecule has 3 rings (SSSR count). The van der Waals surface area contributed by atoms with E-state index in [4.69, 9.17) is 16.3 Å². The Morgan fingerprint density at radius 1 is 1.12 bits per heavy atom. The molecule has 136 valence electrons. The van der Waals surface area contributed by atoms with Crippen molar-refractivity contribution >= 4 is 29.1 Å². The van der Waals surface area contributed by atoms with Gasteiger partial charge in [0.15, 0.2) is 0 Å². The standard InChI is InChI=1S/C19H20ClN3O3/c1-26-16-8-3-2-7-15(16)21-12-17(24)22-23-18(25)19(9-10-19)13-5-4-6-14(20)11-13/h2-8,11,21H,9-10,12H2,1H3,(H,22,24)(H,23,25). The molecule has 26 heavy (non-hydrogen) atoms. The van der Waals surface area contributed by atoms with Crippen molar-refractivity contribution in [1.29, 1.82) is 0 Å². The van der Waals surface area contributed by atoms with Crippen LogP contribution in [0.5, 0.6) is 5.75 Å². The molecule has 1 saturated carbocycles. The normalized spacial score (nSPS) is 14.2. The topological polar surface area (TPSA) is 79.5 Å². The Hall–Kier alpha value is -2.73. The van der Waals surface area contributed by atoms with E-state index in [9.17, 15) is 9.59 Å². The van der Waals surface area contributed by atoms with Crippen molar-refractivity contribution < 1.29 is 14.3 Å². The molecule has 0 unspecified atom stereocenters. The van der Waals surface area contributed by atoms with Crippen molar-refractivity contribution in [3.63, 3.8) is 0 Å². The molecule has 0 spiro atoms. The lowest BCUT2D eigenvalue weighted by Gasteiger charge is -2.17. The summed E-state index contributed by atoms with van der Waals surface area (Å²) in [6, 6.07) is 14.5. The first kappa shape index (κ1) is 18.1. The van der Waals surface area contributed by atoms with E-state index in [1.54, 1.807) is 25.3 Å². The summed E-state index contributed by atoms with van der Waals surface area (Å²) in [4.78, 5) is 24.5. The molecular formula is C19H20ClN3O3. The van der Waals surface area contributed by atoms with Gasteiger partial charge in [-0.15, -0.1) is 0 Å². The molecule has 7 heteroatoms. The summed E-state index contributed by atoms with van der Waals surface area (Å²) < 4.78 is 5.21. The van der Waals surface area contributed by atoms with Gasteiger partial charge in [-0.25, -0.2) is 0 Å². The van der Waals surface area contributed by atoms with Crippen molar-refractivity contribution in [1.82, 2.24) is 10.9 Å². The number of carbonyl (C=O) groups excluding carboxylic acids is 2. The Morgan fingerprint density at radius 3 is 2.58 bits per heavy atom. The number of hydrazine groups is 1. The second kappa shape index (κ2) is 7.66. The fourth-order valence-electron chi connectivity index (χ4n) is 2.81. The van der Waals surface area contributed by atoms with Crippen LogP contribution in [0.15, 0.2) is 48.5 Å². The summed E-state index contributed by atoms with van der Waals surface area (Å²) in [5.41, 5.74) is 5.93. The molecular weight excluding hydrogens is 354 g/mol. The molecule has 0 saturated heterocycles. The number of amides is 2. The first-order valence-electron chi connectivity index (χ1n) is 8.27. The average molecular weight is 374 g/mol. The molecule has 0 heterocycles. The van der Waals surface area contributed by atoms with Crippen molar-refractivity contribution in [2.75, 3.05) is 19.0 Å². The summed E-state index contributed by atoms with van der Waals surface area (Å²) >= 11 is 6.02. The van der Waals surface area contributed by atoms with E-state index >= 15 is 0 Å². The van der Waals surface area contributed by atoms with Crippen LogP contribution in [-0.2, 0) is 15.0 Å². The highest BCUT2D eigenvalue weighted by Gasteiger charge is 2.51. The second-order valence-electron chi connectivity index (χ2n) is 6.15. The lowest BCUT2D eigenvalue weighted by Crippen LogP contribution is -2.48. The van der Waals surface area contributed by atoms with Crippen LogP contribution in [0.4, 0.5) is 5.69 Å². The summed E-state index contributed by atoms with van der Waals surface area (Å²) in [6.45, 7) is 0.00478. The van der Waals surface area contributed by atoms with E-state index in [2.05, 4.69) is 16.2 Å². The third-order valence-corrected chi connectivity index (χ3v) is 4.66. The van der Waals surface area contributed by atoms with Crippen molar-refractivity contribution in [3.05, 3.63) is 59.1 Å². The molecule has 0 radical (unpaired) electrons. The maximum Gasteiger partial charge on any atom is 0.257 e. The van der Waals surface area contributed by atoms with Crippen LogP contribution in [0, 0.1) is 0 Å². The molecule has 6 nitrogen and oxygen atoms in total. The minimum absolute atomic E-state index is 0.00478. The molecule has 1 fully saturated rings. The zero-order valence-electron chi connectivity index (χ0n) is 14.3. The number of carbonyl (C=O) groups is 2. The summed E-state index contributed by atoms with van der Waals surface area (Å²) in [6.07, 6.45) is 1.46. The van der Waals surface area contributed by atoms with Crippen LogP contribution in [0.25, 0.3) is 0 Å². The number of para-hydroxylation sites is 2. The number of anilines is 1. The van der Waals surface area contributed by atoms with Gasteiger partial charge in [0.25, 0.3) is 5.91 Å². The fourth-order valence-corrected chi connectivity index (χ4v) is 3.00. The van der Waals surface area contributed by atoms with Crippen molar-refractivity contribution in [2.45, 2.75) is 18.3 Å². The van der Waals surface area contributed by atoms with Crippen LogP contribution in [0.1, 0.15) is 18.4 Å². The van der Waals surface area contributed by atoms with E-state index in [1.807, 2.05) is 30.3 Å². The maximum atomic E-state index is 12.5. The SMILES string of the molecule is COc1ccccc1NCC(=O)NNC(=O)C1(c2cccc(Cl)c2)CC1. The zero-order chi connectivity index (χ0) is 18.6. The summed E-state index contributed by atoms with van der Waals surface area (Å²) in [5, 5.41) is 3.56. The highest BCUT2D eigenvalue weighted by molar-refractivity contribution is 6.30. The van der Waals surface area contributed by atoms with E-state index < -0.39 is 5.41 Å². The zero-order valence-corrected chi connectivity index (χ0v) is 15.1. The smallest absolute Gasteiger partial charge is 0.257 e. The third kappa shape index (κ3) is 3.91. The largest absolute Gasteiger partial charge is 0.495 e. The number of hydrogen-bond acceptors (Lipinski definition) is 4. The number of nitrogens with one attached hydrogen (secondary N) is 3. The number of halogens is 1. The molecule has 0 bridgehead atoms. The van der Waals surface area contributed by atoms with Crippen LogP contribution >= 0.6 is 11.6 Å². The van der Waals surface area contributed by atoms with Gasteiger partial charge >= 0.3 is 0 Å². The minimum atomic E-state index is -0.603. The van der Waals surface area contributed by atoms with Gasteiger partial charge < -0.3 is 10.1 Å². The van der Waals surface area contributed by atoms with Gasteiger partial charge in [0.05, 0.1) is 24.8 Å². The highest BCUT2D eigenvalue weighted by atomic mass is 35.5. The maximum absolute atomic E-state index is 12.5. The van der Waals surface area contributed by atoms with Crippen molar-refractivity contribution in [2.24, 2.45) is 0 Å². The van der Waals surface area contributed by atoms with Crippen LogP contribution in [-0.4, -0.2) is 25.5 Å². The molecule has 1 aliphatic rings. The van der Waals surface area contributed by atoms with Gasteiger partial charge in [-0.05, 0) is 42.7 Å². The van der Waals surface area contributed by atoms with Gasteiger partial charge in [-0.3, -0.25) is 20.4 Å². The Morgan fingerprint density at radius 2 is 1.88 bits per heavy atom. The fraction of sp³-hybridized carbons (Fsp3) is 0.263. The summed E-state index contributed by atoms with van der Waals surface area (Å²) in [7, 11) is 1.56. The van der Waals surface area contributed by atoms with E-state index in [-0.39, 0.29) is 18.4 Å². The third-order valence-electron chi connectivity index (χ3n) is 4.42. The average Bonchev–Trinajstić information content (AvgIpc) is 3.46. The van der Waals surface area contributed by atoms with Gasteiger partial charge in [0, 0.05) is 5.02 Å². The van der Waals surface area contributed by atoms with Gasteiger partial charge in [0.1, 0.15) is 5.75 Å². The molecule has 1 aliphatic carbocycles. The molecule has 3 N–H and O–H groups in total. The van der Waals surface area contributed by atoms with Gasteiger partial charge in [-0.1, -0.05) is 35.9 Å². The lowest BCUT2D eigenvalue weighted by atomic mass is 9.95. The molecule has 2 aromatic carbocycles. The Balaban J connectivity index is 1.52. The minimum Gasteiger partial charge on any atom is -0.495 e. The van der Waals surface area contributed by atoms with Crippen LogP contribution in [0.2, 0.25) is 5.02 Å². The molecule has 0 aliphatic heterocycles. The predicted octanol–water partition coefficient (Wildman–Crippen LogP) is 2.64. The number of methoxy groups -OCH3 is 1. The highest BCUT2D eigenvalue weighted by Crippen LogP contribution is 2.48. The van der Waals surface area contributed by atoms with Crippen molar-refractivity contribution in [3.8, 4) is 5.75 Å².